The molecule has 0 spiro atoms. The summed E-state index contributed by atoms with van der Waals surface area (Å²) in [6.45, 7) is 4.42. The fourth-order valence-corrected chi connectivity index (χ4v) is 4.32. The van der Waals surface area contributed by atoms with Gasteiger partial charge in [0.1, 0.15) is 5.82 Å². The first-order valence-electron chi connectivity index (χ1n) is 11.4. The number of nitrogen functional groups attached to an aromatic ring is 1. The van der Waals surface area contributed by atoms with Crippen LogP contribution in [0.4, 0.5) is 5.82 Å². The molecule has 1 aliphatic heterocycles. The molecule has 4 rings (SSSR count). The third-order valence-electron chi connectivity index (χ3n) is 6.04. The summed E-state index contributed by atoms with van der Waals surface area (Å²) < 4.78 is 0. The van der Waals surface area contributed by atoms with E-state index < -0.39 is 0 Å². The molecule has 0 atom stereocenters. The first-order chi connectivity index (χ1) is 16.7. The molecule has 2 amide bonds. The molecule has 1 fully saturated rings. The number of hydrogen-bond donors (Lipinski definition) is 1. The fourth-order valence-electron chi connectivity index (χ4n) is 4.15. The van der Waals surface area contributed by atoms with Gasteiger partial charge >= 0.3 is 0 Å². The second-order valence-corrected chi connectivity index (χ2v) is 9.38. The summed E-state index contributed by atoms with van der Waals surface area (Å²) in [6, 6.07) is 11.1. The van der Waals surface area contributed by atoms with E-state index in [2.05, 4.69) is 16.8 Å². The van der Waals surface area contributed by atoms with E-state index in [0.29, 0.717) is 54.7 Å². The van der Waals surface area contributed by atoms with Gasteiger partial charge in [0.05, 0.1) is 12.1 Å². The molecule has 1 aliphatic rings. The highest BCUT2D eigenvalue weighted by Gasteiger charge is 2.25. The number of anilines is 1. The van der Waals surface area contributed by atoms with Gasteiger partial charge in [0.15, 0.2) is 0 Å². The minimum Gasteiger partial charge on any atom is -0.383 e. The Morgan fingerprint density at radius 1 is 1.06 bits per heavy atom. The number of carbonyl (C=O) groups excluding carboxylic acids is 2. The Balaban J connectivity index is 1.49. The average Bonchev–Trinajstić information content (AvgIpc) is 2.83. The monoisotopic (exact) mass is 489 g/mol. The largest absolute Gasteiger partial charge is 0.383 e. The first-order valence-corrected chi connectivity index (χ1v) is 11.8. The molecule has 0 aliphatic carbocycles. The summed E-state index contributed by atoms with van der Waals surface area (Å²) in [5.41, 5.74) is 8.99. The second-order valence-electron chi connectivity index (χ2n) is 8.94. The lowest BCUT2D eigenvalue weighted by atomic mass is 10.0. The van der Waals surface area contributed by atoms with E-state index in [0.717, 1.165) is 21.9 Å². The van der Waals surface area contributed by atoms with Gasteiger partial charge < -0.3 is 20.4 Å². The molecule has 0 radical (unpaired) electrons. The number of aromatic nitrogens is 1. The van der Waals surface area contributed by atoms with E-state index in [4.69, 9.17) is 17.3 Å². The van der Waals surface area contributed by atoms with Crippen LogP contribution in [0.3, 0.4) is 0 Å². The summed E-state index contributed by atoms with van der Waals surface area (Å²) >= 11 is 6.17. The summed E-state index contributed by atoms with van der Waals surface area (Å²) in [6.07, 6.45) is 1.70. The van der Waals surface area contributed by atoms with Crippen LogP contribution in [0.25, 0.3) is 10.8 Å². The second kappa shape index (κ2) is 10.3. The molecule has 35 heavy (non-hydrogen) atoms. The highest BCUT2D eigenvalue weighted by molar-refractivity contribution is 6.31. The predicted octanol–water partition coefficient (Wildman–Crippen LogP) is 3.02. The van der Waals surface area contributed by atoms with Crippen molar-refractivity contribution < 1.29 is 9.59 Å². The Hall–Kier alpha value is -3.60. The molecule has 0 saturated carbocycles. The van der Waals surface area contributed by atoms with Crippen LogP contribution in [0.15, 0.2) is 42.6 Å². The quantitative estimate of drug-likeness (QED) is 0.572. The predicted molar refractivity (Wildman–Crippen MR) is 139 cm³/mol. The van der Waals surface area contributed by atoms with Crippen molar-refractivity contribution in [2.45, 2.75) is 6.92 Å². The van der Waals surface area contributed by atoms with Crippen molar-refractivity contribution in [1.82, 2.24) is 19.7 Å². The zero-order chi connectivity index (χ0) is 25.1. The first kappa shape index (κ1) is 24.5. The molecule has 7 nitrogen and oxygen atoms in total. The third kappa shape index (κ3) is 5.56. The molecule has 180 valence electrons. The average molecular weight is 490 g/mol. The highest BCUT2D eigenvalue weighted by atomic mass is 35.5. The maximum atomic E-state index is 13.1. The van der Waals surface area contributed by atoms with Crippen molar-refractivity contribution >= 4 is 40.0 Å². The molecule has 3 aromatic rings. The Labute approximate surface area is 210 Å². The van der Waals surface area contributed by atoms with Gasteiger partial charge in [0, 0.05) is 59.3 Å². The molecule has 8 heteroatoms. The minimum absolute atomic E-state index is 0.0288. The van der Waals surface area contributed by atoms with Crippen LogP contribution in [0.1, 0.15) is 27.0 Å². The highest BCUT2D eigenvalue weighted by Crippen LogP contribution is 2.25. The Kier molecular flexibility index (Phi) is 7.25. The van der Waals surface area contributed by atoms with Crippen LogP contribution in [0, 0.1) is 18.8 Å². The third-order valence-corrected chi connectivity index (χ3v) is 6.28. The minimum atomic E-state index is -0.0288. The van der Waals surface area contributed by atoms with Crippen molar-refractivity contribution in [3.05, 3.63) is 69.9 Å². The number of nitrogens with two attached hydrogens (primary N) is 1. The zero-order valence-corrected chi connectivity index (χ0v) is 20.9. The van der Waals surface area contributed by atoms with Gasteiger partial charge in [-0.3, -0.25) is 9.59 Å². The number of benzene rings is 2. The number of nitrogens with zero attached hydrogens (tertiary/aromatic N) is 4. The smallest absolute Gasteiger partial charge is 0.254 e. The summed E-state index contributed by atoms with van der Waals surface area (Å²) in [5, 5.41) is 2.37. The van der Waals surface area contributed by atoms with Crippen molar-refractivity contribution in [2.75, 3.05) is 52.6 Å². The molecule has 2 heterocycles. The molecular weight excluding hydrogens is 462 g/mol. The van der Waals surface area contributed by atoms with Gasteiger partial charge in [-0.25, -0.2) is 4.98 Å². The lowest BCUT2D eigenvalue weighted by molar-refractivity contribution is -0.133. The number of likely N-dealkylation sites (N-methyl/N-ethyl adjacent to an activating group) is 1. The van der Waals surface area contributed by atoms with Crippen LogP contribution in [0.5, 0.6) is 0 Å². The normalized spacial score (nSPS) is 13.6. The van der Waals surface area contributed by atoms with Gasteiger partial charge in [-0.15, -0.1) is 0 Å². The lowest BCUT2D eigenvalue weighted by Gasteiger charge is -2.35. The molecule has 0 bridgehead atoms. The molecule has 2 aromatic carbocycles. The zero-order valence-electron chi connectivity index (χ0n) is 20.1. The maximum Gasteiger partial charge on any atom is 0.254 e. The number of fused-ring (bicyclic) bond motifs is 1. The van der Waals surface area contributed by atoms with Crippen molar-refractivity contribution in [2.24, 2.45) is 0 Å². The Morgan fingerprint density at radius 2 is 1.77 bits per heavy atom. The van der Waals surface area contributed by atoms with Crippen molar-refractivity contribution in [3.63, 3.8) is 0 Å². The van der Waals surface area contributed by atoms with Gasteiger partial charge in [-0.1, -0.05) is 29.5 Å². The van der Waals surface area contributed by atoms with Crippen LogP contribution in [-0.4, -0.2) is 78.3 Å². The topological polar surface area (TPSA) is 82.8 Å². The number of rotatable bonds is 3. The lowest BCUT2D eigenvalue weighted by Crippen LogP contribution is -2.52. The summed E-state index contributed by atoms with van der Waals surface area (Å²) in [7, 11) is 3.75. The number of amides is 2. The molecule has 0 unspecified atom stereocenters. The maximum absolute atomic E-state index is 13.1. The molecular formula is C27H28ClN5O2. The fraction of sp³-hybridized carbons (Fsp3) is 0.296. The van der Waals surface area contributed by atoms with E-state index in [1.165, 1.54) is 0 Å². The van der Waals surface area contributed by atoms with Crippen LogP contribution in [0.2, 0.25) is 5.02 Å². The SMILES string of the molecule is Cc1cc(C#Cc2c(N)ncc3ccc(Cl)cc23)ccc1C(=O)N1CCN(C(=O)CN(C)C)CC1. The molecule has 1 aromatic heterocycles. The molecule has 2 N–H and O–H groups in total. The van der Waals surface area contributed by atoms with Crippen molar-refractivity contribution in [3.8, 4) is 11.8 Å². The number of carbonyl (C=O) groups is 2. The number of halogens is 1. The van der Waals surface area contributed by atoms with Crippen LogP contribution >= 0.6 is 11.6 Å². The Morgan fingerprint density at radius 3 is 2.46 bits per heavy atom. The van der Waals surface area contributed by atoms with Gasteiger partial charge in [0.2, 0.25) is 5.91 Å². The van der Waals surface area contributed by atoms with Crippen LogP contribution < -0.4 is 5.73 Å². The van der Waals surface area contributed by atoms with E-state index in [1.54, 1.807) is 17.2 Å². The number of hydrogen-bond acceptors (Lipinski definition) is 5. The number of pyridine rings is 1. The number of aryl methyl sites for hydroxylation is 1. The van der Waals surface area contributed by atoms with E-state index in [-0.39, 0.29) is 11.8 Å². The Bertz CT molecular complexity index is 1350. The number of piperazine rings is 1. The van der Waals surface area contributed by atoms with Gasteiger partial charge in [-0.05, 0) is 56.9 Å². The van der Waals surface area contributed by atoms with Crippen molar-refractivity contribution in [1.29, 1.82) is 0 Å². The summed E-state index contributed by atoms with van der Waals surface area (Å²) in [5.74, 6) is 6.69. The van der Waals surface area contributed by atoms with E-state index in [1.807, 2.05) is 61.2 Å². The standard InChI is InChI=1S/C27H28ClN5O2/c1-18-14-19(5-9-23-24-15-21(28)7-6-20(24)16-30-26(23)29)4-8-22(18)27(35)33-12-10-32(11-13-33)25(34)17-31(2)3/h4,6-8,14-16H,10-13,17H2,1-3H3,(H2,29,30). The van der Waals surface area contributed by atoms with Gasteiger partial charge in [-0.2, -0.15) is 0 Å². The summed E-state index contributed by atoms with van der Waals surface area (Å²) in [4.78, 5) is 35.1. The van der Waals surface area contributed by atoms with E-state index >= 15 is 0 Å². The molecule has 1 saturated heterocycles. The van der Waals surface area contributed by atoms with Gasteiger partial charge in [0.25, 0.3) is 5.91 Å². The van der Waals surface area contributed by atoms with Crippen LogP contribution in [-0.2, 0) is 4.79 Å². The van der Waals surface area contributed by atoms with E-state index in [9.17, 15) is 9.59 Å².